The van der Waals surface area contributed by atoms with Crippen molar-refractivity contribution < 1.29 is 28.3 Å². The van der Waals surface area contributed by atoms with Crippen molar-refractivity contribution in [2.24, 2.45) is 5.92 Å². The number of amides is 2. The number of carbonyl (C=O) groups excluding carboxylic acids is 3. The average Bonchev–Trinajstić information content (AvgIpc) is 3.25. The van der Waals surface area contributed by atoms with Gasteiger partial charge in [-0.3, -0.25) is 9.59 Å². The van der Waals surface area contributed by atoms with Crippen molar-refractivity contribution >= 4 is 40.3 Å². The van der Waals surface area contributed by atoms with Crippen LogP contribution in [0.4, 0.5) is 11.5 Å². The van der Waals surface area contributed by atoms with E-state index in [4.69, 9.17) is 9.15 Å². The molecule has 0 aliphatic heterocycles. The molecule has 10 heteroatoms. The minimum Gasteiger partial charge on any atom is -0.482 e. The van der Waals surface area contributed by atoms with E-state index in [0.717, 1.165) is 25.7 Å². The summed E-state index contributed by atoms with van der Waals surface area (Å²) < 4.78 is 16.0. The Morgan fingerprint density at radius 2 is 1.86 bits per heavy atom. The fourth-order valence-corrected chi connectivity index (χ4v) is 4.34. The van der Waals surface area contributed by atoms with E-state index < -0.39 is 11.9 Å². The van der Waals surface area contributed by atoms with Gasteiger partial charge in [0.05, 0.1) is 7.11 Å². The third-order valence-electron chi connectivity index (χ3n) is 6.40. The lowest BCUT2D eigenvalue weighted by atomic mass is 9.85. The van der Waals surface area contributed by atoms with Crippen molar-refractivity contribution in [3.63, 3.8) is 0 Å². The van der Waals surface area contributed by atoms with Crippen LogP contribution in [0.15, 0.2) is 47.0 Å². The van der Waals surface area contributed by atoms with Crippen LogP contribution in [-0.4, -0.2) is 61.5 Å². The number of anilines is 2. The highest BCUT2D eigenvalue weighted by atomic mass is 16.6. The summed E-state index contributed by atoms with van der Waals surface area (Å²) in [6, 6.07) is 10.5. The Hall–Kier alpha value is -3.92. The molecule has 1 aliphatic rings. The number of carbonyl (C=O) groups is 3. The number of methoxy groups -OCH3 is 1. The molecule has 2 aromatic heterocycles. The smallest absolute Gasteiger partial charge is 0.343 e. The van der Waals surface area contributed by atoms with Crippen LogP contribution in [0.2, 0.25) is 0 Å². The zero-order valence-corrected chi connectivity index (χ0v) is 20.6. The second-order valence-corrected chi connectivity index (χ2v) is 8.96. The highest BCUT2D eigenvalue weighted by molar-refractivity contribution is 6.14. The molecule has 3 aromatic rings. The van der Waals surface area contributed by atoms with E-state index in [-0.39, 0.29) is 29.9 Å². The average molecular weight is 495 g/mol. The fraction of sp³-hybridized carbons (Fsp3) is 0.385. The number of nitrogens with zero attached hydrogens (tertiary/aromatic N) is 2. The number of fused-ring (bicyclic) bond motifs is 1. The molecule has 2 heterocycles. The minimum atomic E-state index is -0.548. The molecule has 1 saturated carbocycles. The van der Waals surface area contributed by atoms with E-state index in [0.29, 0.717) is 28.6 Å². The molecule has 1 aliphatic carbocycles. The maximum atomic E-state index is 13.3. The van der Waals surface area contributed by atoms with Crippen LogP contribution in [0.3, 0.4) is 0 Å². The van der Waals surface area contributed by atoms with Crippen molar-refractivity contribution in [1.29, 1.82) is 0 Å². The van der Waals surface area contributed by atoms with Crippen molar-refractivity contribution in [2.75, 3.05) is 38.4 Å². The summed E-state index contributed by atoms with van der Waals surface area (Å²) in [6.07, 6.45) is 4.93. The molecule has 0 bridgehead atoms. The molecule has 2 amide bonds. The van der Waals surface area contributed by atoms with Crippen LogP contribution in [0.1, 0.15) is 36.2 Å². The van der Waals surface area contributed by atoms with Gasteiger partial charge in [-0.1, -0.05) is 6.07 Å². The summed E-state index contributed by atoms with van der Waals surface area (Å²) in [7, 11) is 5.38. The monoisotopic (exact) mass is 494 g/mol. The van der Waals surface area contributed by atoms with Crippen LogP contribution in [0, 0.1) is 5.92 Å². The predicted molar refractivity (Wildman–Crippen MR) is 134 cm³/mol. The quantitative estimate of drug-likeness (QED) is 0.455. The van der Waals surface area contributed by atoms with E-state index in [1.807, 2.05) is 0 Å². The van der Waals surface area contributed by atoms with Gasteiger partial charge in [-0.2, -0.15) is 0 Å². The highest BCUT2D eigenvalue weighted by Gasteiger charge is 2.30. The molecule has 10 nitrogen and oxygen atoms in total. The van der Waals surface area contributed by atoms with Gasteiger partial charge in [0, 0.05) is 23.5 Å². The van der Waals surface area contributed by atoms with E-state index in [9.17, 15) is 14.4 Å². The lowest BCUT2D eigenvalue weighted by molar-refractivity contribution is -0.142. The second-order valence-electron chi connectivity index (χ2n) is 8.96. The van der Waals surface area contributed by atoms with E-state index in [1.54, 1.807) is 42.6 Å². The molecule has 0 saturated heterocycles. The van der Waals surface area contributed by atoms with Gasteiger partial charge in [-0.15, -0.1) is 0 Å². The number of hydrogen-bond donors (Lipinski definition) is 2. The Labute approximate surface area is 208 Å². The number of rotatable bonds is 8. The standard InChI is InChI=1S/C26H30N4O6/c1-30(2)17-9-7-16(8-10-17)25(32)29-23-19-14-18(35-15-22(31)34-3)11-12-20(19)36-24(23)26(33)28-21-6-4-5-13-27-21/h4-6,11-14,16-17H,7-10,15H2,1-3H3,(H,29,32)(H,27,28,33). The lowest BCUT2D eigenvalue weighted by Gasteiger charge is -2.31. The summed E-state index contributed by atoms with van der Waals surface area (Å²) >= 11 is 0. The molecular weight excluding hydrogens is 464 g/mol. The van der Waals surface area contributed by atoms with Crippen molar-refractivity contribution in [3.05, 3.63) is 48.4 Å². The van der Waals surface area contributed by atoms with Gasteiger partial charge in [0.2, 0.25) is 11.7 Å². The molecule has 1 aromatic carbocycles. The zero-order chi connectivity index (χ0) is 25.7. The number of pyridine rings is 1. The van der Waals surface area contributed by atoms with Crippen LogP contribution in [-0.2, 0) is 14.3 Å². The Kier molecular flexibility index (Phi) is 7.84. The Morgan fingerprint density at radius 3 is 2.53 bits per heavy atom. The van der Waals surface area contributed by atoms with Crippen LogP contribution >= 0.6 is 0 Å². The number of hydrogen-bond acceptors (Lipinski definition) is 8. The summed E-state index contributed by atoms with van der Waals surface area (Å²) in [5.41, 5.74) is 0.639. The van der Waals surface area contributed by atoms with Crippen LogP contribution in [0.25, 0.3) is 11.0 Å². The molecule has 0 atom stereocenters. The lowest BCUT2D eigenvalue weighted by Crippen LogP contribution is -2.35. The Morgan fingerprint density at radius 1 is 1.08 bits per heavy atom. The second kappa shape index (κ2) is 11.2. The first-order valence-electron chi connectivity index (χ1n) is 11.8. The molecule has 1 fully saturated rings. The SMILES string of the molecule is COC(=O)COc1ccc2oc(C(=O)Nc3ccccn3)c(NC(=O)C3CCC(N(C)C)CC3)c2c1. The largest absolute Gasteiger partial charge is 0.482 e. The molecule has 0 radical (unpaired) electrons. The number of aromatic nitrogens is 1. The zero-order valence-electron chi connectivity index (χ0n) is 20.6. The molecule has 0 unspecified atom stereocenters. The Balaban J connectivity index is 1.62. The van der Waals surface area contributed by atoms with Crippen molar-refractivity contribution in [1.82, 2.24) is 9.88 Å². The number of nitrogens with one attached hydrogen (secondary N) is 2. The maximum Gasteiger partial charge on any atom is 0.343 e. The molecule has 190 valence electrons. The highest BCUT2D eigenvalue weighted by Crippen LogP contribution is 2.36. The number of furan rings is 1. The molecule has 36 heavy (non-hydrogen) atoms. The normalized spacial score (nSPS) is 17.6. The van der Waals surface area contributed by atoms with Crippen LogP contribution in [0.5, 0.6) is 5.75 Å². The number of ether oxygens (including phenoxy) is 2. The summed E-state index contributed by atoms with van der Waals surface area (Å²) in [4.78, 5) is 44.2. The number of esters is 1. The van der Waals surface area contributed by atoms with Crippen LogP contribution < -0.4 is 15.4 Å². The summed E-state index contributed by atoms with van der Waals surface area (Å²) in [5, 5.41) is 6.13. The first kappa shape index (κ1) is 25.2. The van der Waals surface area contributed by atoms with Gasteiger partial charge in [0.25, 0.3) is 5.91 Å². The Bertz CT molecular complexity index is 1230. The third kappa shape index (κ3) is 5.83. The van der Waals surface area contributed by atoms with Gasteiger partial charge in [-0.25, -0.2) is 9.78 Å². The number of benzene rings is 1. The summed E-state index contributed by atoms with van der Waals surface area (Å²) in [6.45, 7) is -0.274. The van der Waals surface area contributed by atoms with Crippen molar-refractivity contribution in [2.45, 2.75) is 31.7 Å². The van der Waals surface area contributed by atoms with Gasteiger partial charge in [-0.05, 0) is 70.1 Å². The van der Waals surface area contributed by atoms with Gasteiger partial charge < -0.3 is 29.4 Å². The first-order valence-corrected chi connectivity index (χ1v) is 11.8. The van der Waals surface area contributed by atoms with E-state index in [1.165, 1.54) is 7.11 Å². The minimum absolute atomic E-state index is 0.0453. The summed E-state index contributed by atoms with van der Waals surface area (Å²) in [5.74, 6) is -0.736. The molecular formula is C26H30N4O6. The predicted octanol–water partition coefficient (Wildman–Crippen LogP) is 3.69. The van der Waals surface area contributed by atoms with Gasteiger partial charge in [0.1, 0.15) is 22.8 Å². The molecule has 2 N–H and O–H groups in total. The van der Waals surface area contributed by atoms with E-state index >= 15 is 0 Å². The first-order chi connectivity index (χ1) is 17.4. The fourth-order valence-electron chi connectivity index (χ4n) is 4.34. The van der Waals surface area contributed by atoms with Gasteiger partial charge in [0.15, 0.2) is 6.61 Å². The maximum absolute atomic E-state index is 13.3. The molecule has 0 spiro atoms. The molecule has 4 rings (SSSR count). The third-order valence-corrected chi connectivity index (χ3v) is 6.40. The van der Waals surface area contributed by atoms with Crippen molar-refractivity contribution in [3.8, 4) is 5.75 Å². The van der Waals surface area contributed by atoms with E-state index in [2.05, 4.69) is 39.3 Å². The topological polar surface area (TPSA) is 123 Å². The van der Waals surface area contributed by atoms with Gasteiger partial charge >= 0.3 is 5.97 Å².